The Bertz CT molecular complexity index is 702. The van der Waals surface area contributed by atoms with E-state index >= 15 is 0 Å². The second-order valence-corrected chi connectivity index (χ2v) is 6.48. The van der Waals surface area contributed by atoms with Crippen LogP contribution in [0.3, 0.4) is 0 Å². The second-order valence-electron chi connectivity index (χ2n) is 5.26. The third kappa shape index (κ3) is 4.85. The van der Waals surface area contributed by atoms with E-state index in [0.717, 1.165) is 11.1 Å². The van der Waals surface area contributed by atoms with E-state index in [-0.39, 0.29) is 18.5 Å². The number of amides is 1. The zero-order valence-electron chi connectivity index (χ0n) is 12.8. The fourth-order valence-corrected chi connectivity index (χ4v) is 2.66. The predicted octanol–water partition coefficient (Wildman–Crippen LogP) is 5.24. The van der Waals surface area contributed by atoms with Crippen LogP contribution in [0.15, 0.2) is 36.4 Å². The molecule has 0 aliphatic heterocycles. The summed E-state index contributed by atoms with van der Waals surface area (Å²) in [5.74, 6) is -0.208. The van der Waals surface area contributed by atoms with E-state index in [0.29, 0.717) is 20.8 Å². The molecule has 2 N–H and O–H groups in total. The fourth-order valence-electron chi connectivity index (χ4n) is 2.07. The average molecular weight is 372 g/mol. The Hall–Kier alpha value is -1.26. The molecule has 122 valence electrons. The van der Waals surface area contributed by atoms with E-state index in [1.165, 1.54) is 0 Å². The molecule has 2 aromatic carbocycles. The zero-order valence-corrected chi connectivity index (χ0v) is 15.1. The lowest BCUT2D eigenvalue weighted by molar-refractivity contribution is -0.115. The number of carbonyl (C=O) groups is 1. The molecule has 0 aliphatic rings. The van der Waals surface area contributed by atoms with Gasteiger partial charge in [0.1, 0.15) is 0 Å². The Labute approximate surface area is 150 Å². The van der Waals surface area contributed by atoms with Gasteiger partial charge in [0.05, 0.1) is 22.3 Å². The summed E-state index contributed by atoms with van der Waals surface area (Å²) in [6.45, 7) is 3.97. The molecule has 2 rings (SSSR count). The van der Waals surface area contributed by atoms with Crippen molar-refractivity contribution in [3.05, 3.63) is 62.6 Å². The standard InChI is InChI=1S/C17H17Cl3N2O/c1-10-3-8-14(19)17(16(10)20)22-15(23)9-21-11(2)12-4-6-13(18)7-5-12/h3-8,11,21H,9H2,1-2H3,(H,22,23)/t11-/m0/s1. The molecule has 0 fully saturated rings. The van der Waals surface area contributed by atoms with E-state index in [4.69, 9.17) is 34.8 Å². The maximum atomic E-state index is 12.1. The van der Waals surface area contributed by atoms with Crippen molar-refractivity contribution < 1.29 is 4.79 Å². The molecule has 0 saturated carbocycles. The second kappa shape index (κ2) is 8.02. The fraction of sp³-hybridized carbons (Fsp3) is 0.235. The molecule has 0 saturated heterocycles. The van der Waals surface area contributed by atoms with E-state index in [2.05, 4.69) is 10.6 Å². The number of aryl methyl sites for hydroxylation is 1. The van der Waals surface area contributed by atoms with Crippen molar-refractivity contribution in [2.24, 2.45) is 0 Å². The molecule has 0 aromatic heterocycles. The Morgan fingerprint density at radius 2 is 1.74 bits per heavy atom. The first-order valence-electron chi connectivity index (χ1n) is 7.11. The van der Waals surface area contributed by atoms with Crippen molar-refractivity contribution in [2.75, 3.05) is 11.9 Å². The highest BCUT2D eigenvalue weighted by atomic mass is 35.5. The number of hydrogen-bond acceptors (Lipinski definition) is 2. The first-order valence-corrected chi connectivity index (χ1v) is 8.25. The maximum Gasteiger partial charge on any atom is 0.238 e. The number of nitrogens with one attached hydrogen (secondary N) is 2. The summed E-state index contributed by atoms with van der Waals surface area (Å²) in [6, 6.07) is 11.0. The summed E-state index contributed by atoms with van der Waals surface area (Å²) < 4.78 is 0. The van der Waals surface area contributed by atoms with Crippen molar-refractivity contribution in [2.45, 2.75) is 19.9 Å². The highest BCUT2D eigenvalue weighted by Crippen LogP contribution is 2.32. The summed E-state index contributed by atoms with van der Waals surface area (Å²) in [6.07, 6.45) is 0. The molecule has 23 heavy (non-hydrogen) atoms. The summed E-state index contributed by atoms with van der Waals surface area (Å²) in [4.78, 5) is 12.1. The quantitative estimate of drug-likeness (QED) is 0.754. The molecule has 6 heteroatoms. The normalized spacial score (nSPS) is 12.0. The van der Waals surface area contributed by atoms with Gasteiger partial charge in [-0.15, -0.1) is 0 Å². The van der Waals surface area contributed by atoms with Crippen LogP contribution in [-0.2, 0) is 4.79 Å². The predicted molar refractivity (Wildman–Crippen MR) is 97.7 cm³/mol. The Balaban J connectivity index is 1.95. The van der Waals surface area contributed by atoms with Crippen molar-refractivity contribution >= 4 is 46.4 Å². The molecule has 3 nitrogen and oxygen atoms in total. The largest absolute Gasteiger partial charge is 0.322 e. The number of rotatable bonds is 5. The van der Waals surface area contributed by atoms with Gasteiger partial charge >= 0.3 is 0 Å². The van der Waals surface area contributed by atoms with E-state index in [9.17, 15) is 4.79 Å². The molecule has 0 radical (unpaired) electrons. The van der Waals surface area contributed by atoms with Gasteiger partial charge in [0.15, 0.2) is 0 Å². The highest BCUT2D eigenvalue weighted by molar-refractivity contribution is 6.40. The van der Waals surface area contributed by atoms with Gasteiger partial charge in [-0.25, -0.2) is 0 Å². The van der Waals surface area contributed by atoms with Crippen molar-refractivity contribution in [3.8, 4) is 0 Å². The van der Waals surface area contributed by atoms with Crippen LogP contribution >= 0.6 is 34.8 Å². The van der Waals surface area contributed by atoms with Crippen LogP contribution < -0.4 is 10.6 Å². The van der Waals surface area contributed by atoms with Crippen LogP contribution in [-0.4, -0.2) is 12.5 Å². The SMILES string of the molecule is Cc1ccc(Cl)c(NC(=O)CN[C@@H](C)c2ccc(Cl)cc2)c1Cl. The minimum absolute atomic E-state index is 0.0153. The van der Waals surface area contributed by atoms with Crippen molar-refractivity contribution in [1.29, 1.82) is 0 Å². The summed E-state index contributed by atoms with van der Waals surface area (Å²) in [7, 11) is 0. The molecule has 1 atom stereocenters. The van der Waals surface area contributed by atoms with Crippen LogP contribution in [0.2, 0.25) is 15.1 Å². The van der Waals surface area contributed by atoms with E-state index in [1.807, 2.05) is 38.1 Å². The number of hydrogen-bond donors (Lipinski definition) is 2. The van der Waals surface area contributed by atoms with Gasteiger partial charge in [0, 0.05) is 11.1 Å². The molecule has 0 heterocycles. The van der Waals surface area contributed by atoms with E-state index in [1.54, 1.807) is 12.1 Å². The van der Waals surface area contributed by atoms with Crippen LogP contribution in [0, 0.1) is 6.92 Å². The third-order valence-electron chi connectivity index (χ3n) is 3.49. The Morgan fingerprint density at radius 1 is 1.09 bits per heavy atom. The highest BCUT2D eigenvalue weighted by Gasteiger charge is 2.13. The summed E-state index contributed by atoms with van der Waals surface area (Å²) in [5, 5.41) is 7.45. The van der Waals surface area contributed by atoms with Gasteiger partial charge in [-0.1, -0.05) is 53.0 Å². The lowest BCUT2D eigenvalue weighted by Gasteiger charge is -2.15. The monoisotopic (exact) mass is 370 g/mol. The lowest BCUT2D eigenvalue weighted by Crippen LogP contribution is -2.30. The topological polar surface area (TPSA) is 41.1 Å². The first kappa shape index (κ1) is 18.1. The van der Waals surface area contributed by atoms with Gasteiger partial charge in [0.25, 0.3) is 0 Å². The molecular weight excluding hydrogens is 355 g/mol. The zero-order chi connectivity index (χ0) is 17.0. The van der Waals surface area contributed by atoms with Crippen molar-refractivity contribution in [1.82, 2.24) is 5.32 Å². The molecule has 0 unspecified atom stereocenters. The number of benzene rings is 2. The number of carbonyl (C=O) groups excluding carboxylic acids is 1. The van der Waals surface area contributed by atoms with Crippen LogP contribution in [0.1, 0.15) is 24.1 Å². The molecular formula is C17H17Cl3N2O. The summed E-state index contributed by atoms with van der Waals surface area (Å²) >= 11 is 18.1. The first-order chi connectivity index (χ1) is 10.9. The summed E-state index contributed by atoms with van der Waals surface area (Å²) in [5.41, 5.74) is 2.35. The molecule has 0 spiro atoms. The smallest absolute Gasteiger partial charge is 0.238 e. The average Bonchev–Trinajstić information content (AvgIpc) is 2.53. The van der Waals surface area contributed by atoms with Crippen LogP contribution in [0.25, 0.3) is 0 Å². The van der Waals surface area contributed by atoms with Gasteiger partial charge in [-0.2, -0.15) is 0 Å². The Kier molecular flexibility index (Phi) is 6.31. The van der Waals surface area contributed by atoms with Crippen LogP contribution in [0.4, 0.5) is 5.69 Å². The Morgan fingerprint density at radius 3 is 2.39 bits per heavy atom. The van der Waals surface area contributed by atoms with Gasteiger partial charge in [-0.05, 0) is 43.2 Å². The third-order valence-corrected chi connectivity index (χ3v) is 4.54. The maximum absolute atomic E-state index is 12.1. The van der Waals surface area contributed by atoms with Gasteiger partial charge in [-0.3, -0.25) is 4.79 Å². The van der Waals surface area contributed by atoms with Crippen molar-refractivity contribution in [3.63, 3.8) is 0 Å². The number of anilines is 1. The minimum Gasteiger partial charge on any atom is -0.322 e. The number of halogens is 3. The van der Waals surface area contributed by atoms with Gasteiger partial charge in [0.2, 0.25) is 5.91 Å². The molecule has 0 bridgehead atoms. The van der Waals surface area contributed by atoms with Crippen LogP contribution in [0.5, 0.6) is 0 Å². The molecule has 0 aliphatic carbocycles. The van der Waals surface area contributed by atoms with Gasteiger partial charge < -0.3 is 10.6 Å². The molecule has 1 amide bonds. The molecule has 2 aromatic rings. The van der Waals surface area contributed by atoms with E-state index < -0.39 is 0 Å². The lowest BCUT2D eigenvalue weighted by atomic mass is 10.1. The minimum atomic E-state index is -0.208.